The van der Waals surface area contributed by atoms with E-state index in [4.69, 9.17) is 10.5 Å². The van der Waals surface area contributed by atoms with Crippen molar-refractivity contribution in [3.05, 3.63) is 29.8 Å². The van der Waals surface area contributed by atoms with Gasteiger partial charge in [-0.1, -0.05) is 19.1 Å². The van der Waals surface area contributed by atoms with Gasteiger partial charge in [0.25, 0.3) is 0 Å². The van der Waals surface area contributed by atoms with E-state index in [9.17, 15) is 9.59 Å². The van der Waals surface area contributed by atoms with Crippen LogP contribution >= 0.6 is 0 Å². The predicted octanol–water partition coefficient (Wildman–Crippen LogP) is 0.919. The lowest BCUT2D eigenvalue weighted by molar-refractivity contribution is -0.139. The monoisotopic (exact) mass is 262 g/mol. The molecule has 1 atom stereocenters. The van der Waals surface area contributed by atoms with Crippen LogP contribution in [0.4, 0.5) is 0 Å². The van der Waals surface area contributed by atoms with Gasteiger partial charge in [0.05, 0.1) is 6.54 Å². The Kier molecular flexibility index (Phi) is 4.16. The molecule has 0 aliphatic carbocycles. The highest BCUT2D eigenvalue weighted by atomic mass is 16.5. The number of amides is 2. The van der Waals surface area contributed by atoms with Crippen LogP contribution in [0.2, 0.25) is 0 Å². The van der Waals surface area contributed by atoms with Gasteiger partial charge < -0.3 is 10.5 Å². The second-order valence-electron chi connectivity index (χ2n) is 4.69. The van der Waals surface area contributed by atoms with E-state index in [1.165, 1.54) is 4.90 Å². The quantitative estimate of drug-likeness (QED) is 0.801. The third-order valence-electron chi connectivity index (χ3n) is 3.19. The number of nitrogens with zero attached hydrogens (tertiary/aromatic N) is 1. The van der Waals surface area contributed by atoms with Gasteiger partial charge in [-0.25, -0.2) is 0 Å². The molecule has 2 rings (SSSR count). The van der Waals surface area contributed by atoms with E-state index in [0.717, 1.165) is 5.56 Å². The zero-order valence-corrected chi connectivity index (χ0v) is 11.0. The van der Waals surface area contributed by atoms with Gasteiger partial charge in [0.15, 0.2) is 0 Å². The number of benzene rings is 1. The summed E-state index contributed by atoms with van der Waals surface area (Å²) in [6.45, 7) is 2.83. The number of imide groups is 1. The number of carbonyl (C=O) groups excluding carboxylic acids is 2. The van der Waals surface area contributed by atoms with Crippen LogP contribution in [0.3, 0.4) is 0 Å². The molecule has 1 aliphatic rings. The Balaban J connectivity index is 1.86. The molecule has 0 saturated carbocycles. The summed E-state index contributed by atoms with van der Waals surface area (Å²) < 4.78 is 5.54. The van der Waals surface area contributed by atoms with Gasteiger partial charge in [0, 0.05) is 18.9 Å². The number of carbonyl (C=O) groups is 2. The molecule has 1 saturated heterocycles. The van der Waals surface area contributed by atoms with Gasteiger partial charge in [0.1, 0.15) is 12.4 Å². The average molecular weight is 262 g/mol. The van der Waals surface area contributed by atoms with Crippen LogP contribution in [0.5, 0.6) is 5.75 Å². The maximum atomic E-state index is 11.7. The third kappa shape index (κ3) is 3.12. The summed E-state index contributed by atoms with van der Waals surface area (Å²) in [5.41, 5.74) is 6.53. The number of likely N-dealkylation sites (tertiary alicyclic amines) is 1. The van der Waals surface area contributed by atoms with E-state index in [1.807, 2.05) is 24.3 Å². The highest BCUT2D eigenvalue weighted by Crippen LogP contribution is 2.18. The van der Waals surface area contributed by atoms with Crippen LogP contribution in [-0.2, 0) is 16.1 Å². The van der Waals surface area contributed by atoms with Crippen molar-refractivity contribution in [1.82, 2.24) is 4.90 Å². The lowest BCUT2D eigenvalue weighted by Gasteiger charge is -2.15. The number of hydrogen-bond donors (Lipinski definition) is 1. The maximum Gasteiger partial charge on any atom is 0.232 e. The van der Waals surface area contributed by atoms with Gasteiger partial charge in [0.2, 0.25) is 11.8 Å². The molecule has 2 N–H and O–H groups in total. The van der Waals surface area contributed by atoms with Gasteiger partial charge in [-0.2, -0.15) is 0 Å². The Morgan fingerprint density at radius 3 is 2.84 bits per heavy atom. The third-order valence-corrected chi connectivity index (χ3v) is 3.19. The lowest BCUT2D eigenvalue weighted by atomic mass is 10.1. The average Bonchev–Trinajstić information content (AvgIpc) is 2.65. The SMILES string of the molecule is CC1CC(=O)N(CCOc2cccc(CN)c2)C1=O. The highest BCUT2D eigenvalue weighted by Gasteiger charge is 2.35. The first-order valence-electron chi connectivity index (χ1n) is 6.38. The van der Waals surface area contributed by atoms with Crippen molar-refractivity contribution in [3.8, 4) is 5.75 Å². The lowest BCUT2D eigenvalue weighted by Crippen LogP contribution is -2.34. The summed E-state index contributed by atoms with van der Waals surface area (Å²) in [6, 6.07) is 7.47. The molecule has 2 amide bonds. The Morgan fingerprint density at radius 1 is 1.42 bits per heavy atom. The molecule has 1 fully saturated rings. The van der Waals surface area contributed by atoms with Gasteiger partial charge >= 0.3 is 0 Å². The molecule has 1 aromatic rings. The van der Waals surface area contributed by atoms with E-state index < -0.39 is 0 Å². The van der Waals surface area contributed by atoms with Crippen molar-refractivity contribution >= 4 is 11.8 Å². The number of hydrogen-bond acceptors (Lipinski definition) is 4. The Bertz CT molecular complexity index is 487. The minimum atomic E-state index is -0.201. The molecule has 1 heterocycles. The second-order valence-corrected chi connectivity index (χ2v) is 4.69. The molecule has 1 unspecified atom stereocenters. The highest BCUT2D eigenvalue weighted by molar-refractivity contribution is 6.03. The summed E-state index contributed by atoms with van der Waals surface area (Å²) in [5, 5.41) is 0. The number of ether oxygens (including phenoxy) is 1. The number of nitrogens with two attached hydrogens (primary N) is 1. The summed E-state index contributed by atoms with van der Waals surface area (Å²) >= 11 is 0. The van der Waals surface area contributed by atoms with E-state index in [2.05, 4.69) is 0 Å². The van der Waals surface area contributed by atoms with Crippen molar-refractivity contribution in [3.63, 3.8) is 0 Å². The van der Waals surface area contributed by atoms with Crippen LogP contribution in [0.25, 0.3) is 0 Å². The van der Waals surface area contributed by atoms with Crippen molar-refractivity contribution in [2.24, 2.45) is 11.7 Å². The van der Waals surface area contributed by atoms with Crippen LogP contribution in [0.1, 0.15) is 18.9 Å². The van der Waals surface area contributed by atoms with Crippen molar-refractivity contribution < 1.29 is 14.3 Å². The molecule has 1 aliphatic heterocycles. The Morgan fingerprint density at radius 2 is 2.21 bits per heavy atom. The molecular weight excluding hydrogens is 244 g/mol. The first kappa shape index (κ1) is 13.5. The molecule has 0 aromatic heterocycles. The standard InChI is InChI=1S/C14H18N2O3/c1-10-7-13(17)16(14(10)18)5-6-19-12-4-2-3-11(8-12)9-15/h2-4,8,10H,5-7,9,15H2,1H3. The second kappa shape index (κ2) is 5.84. The van der Waals surface area contributed by atoms with Gasteiger partial charge in [-0.3, -0.25) is 14.5 Å². The first-order valence-corrected chi connectivity index (χ1v) is 6.38. The zero-order chi connectivity index (χ0) is 13.8. The van der Waals surface area contributed by atoms with Crippen LogP contribution < -0.4 is 10.5 Å². The maximum absolute atomic E-state index is 11.7. The zero-order valence-electron chi connectivity index (χ0n) is 11.0. The smallest absolute Gasteiger partial charge is 0.232 e. The fourth-order valence-electron chi connectivity index (χ4n) is 2.10. The van der Waals surface area contributed by atoms with Crippen molar-refractivity contribution in [2.75, 3.05) is 13.2 Å². The van der Waals surface area contributed by atoms with E-state index in [0.29, 0.717) is 31.9 Å². The van der Waals surface area contributed by atoms with Gasteiger partial charge in [-0.15, -0.1) is 0 Å². The molecule has 1 aromatic carbocycles. The van der Waals surface area contributed by atoms with Crippen molar-refractivity contribution in [2.45, 2.75) is 19.9 Å². The van der Waals surface area contributed by atoms with E-state index >= 15 is 0 Å². The van der Waals surface area contributed by atoms with Crippen molar-refractivity contribution in [1.29, 1.82) is 0 Å². The molecule has 102 valence electrons. The summed E-state index contributed by atoms with van der Waals surface area (Å²) in [4.78, 5) is 24.5. The Labute approximate surface area is 112 Å². The summed E-state index contributed by atoms with van der Waals surface area (Å²) in [7, 11) is 0. The van der Waals surface area contributed by atoms with E-state index in [1.54, 1.807) is 6.92 Å². The molecule has 0 bridgehead atoms. The van der Waals surface area contributed by atoms with Gasteiger partial charge in [-0.05, 0) is 17.7 Å². The summed E-state index contributed by atoms with van der Waals surface area (Å²) in [5.74, 6) is 0.282. The normalized spacial score (nSPS) is 19.1. The molecule has 0 spiro atoms. The van der Waals surface area contributed by atoms with E-state index in [-0.39, 0.29) is 17.7 Å². The van der Waals surface area contributed by atoms with Crippen LogP contribution in [0, 0.1) is 5.92 Å². The number of rotatable bonds is 5. The van der Waals surface area contributed by atoms with Crippen LogP contribution in [0.15, 0.2) is 24.3 Å². The molecule has 5 nitrogen and oxygen atoms in total. The Hall–Kier alpha value is -1.88. The van der Waals surface area contributed by atoms with Crippen LogP contribution in [-0.4, -0.2) is 29.9 Å². The molecular formula is C14H18N2O3. The summed E-state index contributed by atoms with van der Waals surface area (Å²) in [6.07, 6.45) is 0.307. The molecule has 19 heavy (non-hydrogen) atoms. The predicted molar refractivity (Wildman–Crippen MR) is 70.3 cm³/mol. The minimum absolute atomic E-state index is 0.107. The molecule has 5 heteroatoms. The molecule has 0 radical (unpaired) electrons. The topological polar surface area (TPSA) is 72.6 Å². The first-order chi connectivity index (χ1) is 9.11. The minimum Gasteiger partial charge on any atom is -0.492 e. The fraction of sp³-hybridized carbons (Fsp3) is 0.429. The largest absolute Gasteiger partial charge is 0.492 e. The fourth-order valence-corrected chi connectivity index (χ4v) is 2.10.